The molecule has 130 valence electrons. The van der Waals surface area contributed by atoms with Crippen LogP contribution in [0, 0.1) is 10.1 Å². The second-order valence-corrected chi connectivity index (χ2v) is 5.41. The van der Waals surface area contributed by atoms with E-state index in [9.17, 15) is 20.0 Å². The maximum absolute atomic E-state index is 12.4. The smallest absolute Gasteiger partial charge is 0.270 e. The number of rotatable bonds is 7. The largest absolute Gasteiger partial charge is 0.467 e. The highest BCUT2D eigenvalue weighted by Crippen LogP contribution is 2.16. The molecule has 3 aromatic rings. The van der Waals surface area contributed by atoms with E-state index in [2.05, 4.69) is 4.98 Å². The SMILES string of the molecule is O=c1c2cc([N+](=O)[O-])ccc2ncn1CC(O)COCc1ccco1. The van der Waals surface area contributed by atoms with Crippen molar-refractivity contribution in [3.63, 3.8) is 0 Å². The van der Waals surface area contributed by atoms with Crippen molar-refractivity contribution in [3.8, 4) is 0 Å². The van der Waals surface area contributed by atoms with Crippen molar-refractivity contribution in [3.05, 3.63) is 69.2 Å². The van der Waals surface area contributed by atoms with Gasteiger partial charge < -0.3 is 14.3 Å². The third-order valence-electron chi connectivity index (χ3n) is 3.56. The summed E-state index contributed by atoms with van der Waals surface area (Å²) in [5.41, 5.74) is -0.291. The van der Waals surface area contributed by atoms with Crippen molar-refractivity contribution in [2.75, 3.05) is 6.61 Å². The Morgan fingerprint density at radius 2 is 2.24 bits per heavy atom. The molecule has 0 saturated heterocycles. The average molecular weight is 345 g/mol. The minimum atomic E-state index is -0.939. The van der Waals surface area contributed by atoms with Gasteiger partial charge in [0.1, 0.15) is 12.4 Å². The molecular formula is C16H15N3O6. The third-order valence-corrected chi connectivity index (χ3v) is 3.56. The van der Waals surface area contributed by atoms with Crippen LogP contribution in [0.1, 0.15) is 5.76 Å². The summed E-state index contributed by atoms with van der Waals surface area (Å²) in [5, 5.41) is 21.0. The molecule has 2 aromatic heterocycles. The minimum Gasteiger partial charge on any atom is -0.467 e. The van der Waals surface area contributed by atoms with Crippen molar-refractivity contribution < 1.29 is 19.2 Å². The van der Waals surface area contributed by atoms with Gasteiger partial charge in [0, 0.05) is 12.1 Å². The number of nitro groups is 1. The number of non-ortho nitro benzene ring substituents is 1. The molecule has 9 nitrogen and oxygen atoms in total. The Hall–Kier alpha value is -3.04. The highest BCUT2D eigenvalue weighted by Gasteiger charge is 2.13. The summed E-state index contributed by atoms with van der Waals surface area (Å²) in [4.78, 5) is 26.8. The van der Waals surface area contributed by atoms with Gasteiger partial charge in [-0.15, -0.1) is 0 Å². The van der Waals surface area contributed by atoms with Crippen molar-refractivity contribution in [2.45, 2.75) is 19.3 Å². The van der Waals surface area contributed by atoms with Gasteiger partial charge in [-0.2, -0.15) is 0 Å². The molecule has 0 aliphatic carbocycles. The first-order chi connectivity index (χ1) is 12.0. The molecule has 0 fully saturated rings. The van der Waals surface area contributed by atoms with Gasteiger partial charge in [0.15, 0.2) is 0 Å². The predicted molar refractivity (Wildman–Crippen MR) is 87.0 cm³/mol. The van der Waals surface area contributed by atoms with Gasteiger partial charge in [-0.1, -0.05) is 0 Å². The number of furan rings is 1. The van der Waals surface area contributed by atoms with E-state index in [4.69, 9.17) is 9.15 Å². The zero-order valence-corrected chi connectivity index (χ0v) is 13.1. The maximum atomic E-state index is 12.4. The first kappa shape index (κ1) is 16.8. The highest BCUT2D eigenvalue weighted by molar-refractivity contribution is 5.79. The lowest BCUT2D eigenvalue weighted by molar-refractivity contribution is -0.384. The quantitative estimate of drug-likeness (QED) is 0.508. The van der Waals surface area contributed by atoms with Crippen LogP contribution in [0.15, 0.2) is 52.1 Å². The summed E-state index contributed by atoms with van der Waals surface area (Å²) >= 11 is 0. The Kier molecular flexibility index (Phi) is 4.87. The standard InChI is InChI=1S/C16H15N3O6/c20-12(8-24-9-13-2-1-5-25-13)7-18-10-17-15-4-3-11(19(22)23)6-14(15)16(18)21/h1-6,10,12,20H,7-9H2. The molecule has 0 aliphatic heterocycles. The summed E-state index contributed by atoms with van der Waals surface area (Å²) < 4.78 is 11.6. The predicted octanol–water partition coefficient (Wildman–Crippen LogP) is 1.48. The number of benzene rings is 1. The van der Waals surface area contributed by atoms with E-state index in [-0.39, 0.29) is 30.8 Å². The molecule has 0 aliphatic rings. The Balaban J connectivity index is 1.71. The zero-order valence-electron chi connectivity index (χ0n) is 13.1. The number of ether oxygens (including phenoxy) is 1. The van der Waals surface area contributed by atoms with E-state index in [1.807, 2.05) is 0 Å². The minimum absolute atomic E-state index is 0.000114. The van der Waals surface area contributed by atoms with Gasteiger partial charge in [0.05, 0.1) is 47.7 Å². The lowest BCUT2D eigenvalue weighted by atomic mass is 10.2. The molecule has 0 bridgehead atoms. The van der Waals surface area contributed by atoms with Crippen LogP contribution in [0.3, 0.4) is 0 Å². The van der Waals surface area contributed by atoms with Gasteiger partial charge in [0.25, 0.3) is 11.2 Å². The number of fused-ring (bicyclic) bond motifs is 1. The molecule has 0 saturated carbocycles. The van der Waals surface area contributed by atoms with Crippen LogP contribution in [0.2, 0.25) is 0 Å². The van der Waals surface area contributed by atoms with E-state index in [1.54, 1.807) is 12.1 Å². The topological polar surface area (TPSA) is 121 Å². The lowest BCUT2D eigenvalue weighted by Gasteiger charge is -2.12. The molecule has 1 atom stereocenters. The van der Waals surface area contributed by atoms with Crippen molar-refractivity contribution in [1.29, 1.82) is 0 Å². The Labute approximate surface area is 141 Å². The van der Waals surface area contributed by atoms with E-state index in [1.165, 1.54) is 35.4 Å². The molecule has 0 radical (unpaired) electrons. The van der Waals surface area contributed by atoms with Crippen LogP contribution in [-0.4, -0.2) is 32.3 Å². The molecular weight excluding hydrogens is 330 g/mol. The van der Waals surface area contributed by atoms with E-state index >= 15 is 0 Å². The molecule has 9 heteroatoms. The molecule has 0 amide bonds. The lowest BCUT2D eigenvalue weighted by Crippen LogP contribution is -2.29. The fourth-order valence-electron chi connectivity index (χ4n) is 2.36. The van der Waals surface area contributed by atoms with E-state index in [0.29, 0.717) is 11.3 Å². The molecule has 2 heterocycles. The first-order valence-electron chi connectivity index (χ1n) is 7.46. The van der Waals surface area contributed by atoms with Crippen LogP contribution >= 0.6 is 0 Å². The summed E-state index contributed by atoms with van der Waals surface area (Å²) in [6.07, 6.45) is 1.88. The highest BCUT2D eigenvalue weighted by atomic mass is 16.6. The van der Waals surface area contributed by atoms with Crippen molar-refractivity contribution in [1.82, 2.24) is 9.55 Å². The summed E-state index contributed by atoms with van der Waals surface area (Å²) in [7, 11) is 0. The fourth-order valence-corrected chi connectivity index (χ4v) is 2.36. The molecule has 1 aromatic carbocycles. The van der Waals surface area contributed by atoms with Crippen LogP contribution in [-0.2, 0) is 17.9 Å². The van der Waals surface area contributed by atoms with Crippen LogP contribution in [0.4, 0.5) is 5.69 Å². The normalized spacial score (nSPS) is 12.4. The molecule has 25 heavy (non-hydrogen) atoms. The van der Waals surface area contributed by atoms with Gasteiger partial charge >= 0.3 is 0 Å². The Morgan fingerprint density at radius 3 is 2.96 bits per heavy atom. The van der Waals surface area contributed by atoms with Gasteiger partial charge in [-0.3, -0.25) is 19.5 Å². The second kappa shape index (κ2) is 7.24. The van der Waals surface area contributed by atoms with E-state index in [0.717, 1.165) is 0 Å². The van der Waals surface area contributed by atoms with Crippen molar-refractivity contribution in [2.24, 2.45) is 0 Å². The van der Waals surface area contributed by atoms with Gasteiger partial charge in [-0.25, -0.2) is 4.98 Å². The average Bonchev–Trinajstić information content (AvgIpc) is 3.10. The Bertz CT molecular complexity index is 935. The summed E-state index contributed by atoms with van der Waals surface area (Å²) in [6, 6.07) is 7.37. The van der Waals surface area contributed by atoms with Crippen LogP contribution < -0.4 is 5.56 Å². The van der Waals surface area contributed by atoms with Gasteiger partial charge in [0.2, 0.25) is 0 Å². The maximum Gasteiger partial charge on any atom is 0.270 e. The summed E-state index contributed by atoms with van der Waals surface area (Å²) in [6.45, 7) is 0.170. The molecule has 3 rings (SSSR count). The first-order valence-corrected chi connectivity index (χ1v) is 7.46. The number of nitro benzene ring substituents is 1. The number of hydrogen-bond acceptors (Lipinski definition) is 7. The molecule has 1 unspecified atom stereocenters. The number of hydrogen-bond donors (Lipinski definition) is 1. The number of aromatic nitrogens is 2. The second-order valence-electron chi connectivity index (χ2n) is 5.41. The molecule has 1 N–H and O–H groups in total. The summed E-state index contributed by atoms with van der Waals surface area (Å²) in [5.74, 6) is 0.629. The third kappa shape index (κ3) is 3.90. The monoisotopic (exact) mass is 345 g/mol. The van der Waals surface area contributed by atoms with E-state index < -0.39 is 16.6 Å². The number of aliphatic hydroxyl groups is 1. The number of aliphatic hydroxyl groups excluding tert-OH is 1. The zero-order chi connectivity index (χ0) is 17.8. The number of nitrogens with zero attached hydrogens (tertiary/aromatic N) is 3. The van der Waals surface area contributed by atoms with Crippen LogP contribution in [0.25, 0.3) is 10.9 Å². The van der Waals surface area contributed by atoms with Crippen molar-refractivity contribution >= 4 is 16.6 Å². The van der Waals surface area contributed by atoms with Crippen LogP contribution in [0.5, 0.6) is 0 Å². The fraction of sp³-hybridized carbons (Fsp3) is 0.250. The Morgan fingerprint density at radius 1 is 1.40 bits per heavy atom. The van der Waals surface area contributed by atoms with Gasteiger partial charge in [-0.05, 0) is 18.2 Å². The molecule has 0 spiro atoms.